The zero-order valence-electron chi connectivity index (χ0n) is 19.5. The predicted octanol–water partition coefficient (Wildman–Crippen LogP) is 2.87. The number of benzene rings is 2. The number of amides is 1. The van der Waals surface area contributed by atoms with Crippen molar-refractivity contribution in [1.29, 1.82) is 0 Å². The molecule has 2 atom stereocenters. The van der Waals surface area contributed by atoms with E-state index in [0.29, 0.717) is 17.9 Å². The fraction of sp³-hybridized carbons (Fsp3) is 0.360. The lowest BCUT2D eigenvalue weighted by Gasteiger charge is -2.30. The third kappa shape index (κ3) is 5.54. The average Bonchev–Trinajstić information content (AvgIpc) is 2.83. The lowest BCUT2D eigenvalue weighted by atomic mass is 9.90. The molecule has 1 fully saturated rings. The van der Waals surface area contributed by atoms with Crippen molar-refractivity contribution in [3.63, 3.8) is 0 Å². The highest BCUT2D eigenvalue weighted by atomic mass is 16.5. The smallest absolute Gasteiger partial charge is 0.289 e. The van der Waals surface area contributed by atoms with Crippen molar-refractivity contribution >= 4 is 28.6 Å². The number of aliphatic imine (C=N–C) groups is 1. The van der Waals surface area contributed by atoms with Crippen LogP contribution in [0.4, 0.5) is 5.82 Å². The Morgan fingerprint density at radius 1 is 1.15 bits per heavy atom. The van der Waals surface area contributed by atoms with E-state index in [0.717, 1.165) is 47.9 Å². The van der Waals surface area contributed by atoms with Crippen molar-refractivity contribution in [1.82, 2.24) is 15.3 Å². The molecular formula is C25H31N7O2. The third-order valence-electron chi connectivity index (χ3n) is 6.01. The highest BCUT2D eigenvalue weighted by Gasteiger charge is 2.26. The molecule has 0 aliphatic heterocycles. The number of ether oxygens (including phenoxy) is 1. The Morgan fingerprint density at radius 3 is 2.76 bits per heavy atom. The van der Waals surface area contributed by atoms with Crippen molar-refractivity contribution in [2.24, 2.45) is 16.5 Å². The van der Waals surface area contributed by atoms with E-state index in [2.05, 4.69) is 25.6 Å². The van der Waals surface area contributed by atoms with E-state index in [9.17, 15) is 4.79 Å². The molecule has 1 amide bonds. The Kier molecular flexibility index (Phi) is 7.10. The molecular weight excluding hydrogens is 430 g/mol. The number of nitrogens with one attached hydrogen (secondary N) is 2. The van der Waals surface area contributed by atoms with E-state index in [-0.39, 0.29) is 29.8 Å². The van der Waals surface area contributed by atoms with E-state index < -0.39 is 0 Å². The maximum absolute atomic E-state index is 13.0. The van der Waals surface area contributed by atoms with Gasteiger partial charge in [0.1, 0.15) is 11.6 Å². The lowest BCUT2D eigenvalue weighted by Crippen LogP contribution is -2.38. The minimum atomic E-state index is -0.349. The number of hydrogen-bond acceptors (Lipinski definition) is 6. The molecule has 0 spiro atoms. The summed E-state index contributed by atoms with van der Waals surface area (Å²) in [6.45, 7) is 2.35. The van der Waals surface area contributed by atoms with Gasteiger partial charge >= 0.3 is 0 Å². The summed E-state index contributed by atoms with van der Waals surface area (Å²) in [5.74, 6) is 1.19. The van der Waals surface area contributed by atoms with Crippen LogP contribution in [0.3, 0.4) is 0 Å². The molecule has 1 saturated carbocycles. The number of carbonyl (C=O) groups excluding carboxylic acids is 1. The predicted molar refractivity (Wildman–Crippen MR) is 134 cm³/mol. The van der Waals surface area contributed by atoms with Gasteiger partial charge in [0.05, 0.1) is 24.7 Å². The van der Waals surface area contributed by atoms with Gasteiger partial charge in [0.2, 0.25) is 5.82 Å². The molecule has 9 nitrogen and oxygen atoms in total. The van der Waals surface area contributed by atoms with Crippen LogP contribution in [0, 0.1) is 6.92 Å². The van der Waals surface area contributed by atoms with Crippen molar-refractivity contribution < 1.29 is 9.53 Å². The number of methoxy groups -OCH3 is 1. The van der Waals surface area contributed by atoms with Gasteiger partial charge in [0.25, 0.3) is 5.91 Å². The first-order chi connectivity index (χ1) is 16.4. The van der Waals surface area contributed by atoms with Gasteiger partial charge in [-0.25, -0.2) is 15.0 Å². The molecule has 3 aromatic rings. The van der Waals surface area contributed by atoms with E-state index >= 15 is 0 Å². The molecule has 9 heteroatoms. The van der Waals surface area contributed by atoms with Crippen LogP contribution in [-0.4, -0.2) is 41.0 Å². The summed E-state index contributed by atoms with van der Waals surface area (Å²) in [5.41, 5.74) is 14.0. The van der Waals surface area contributed by atoms with Gasteiger partial charge in [-0.05, 0) is 49.6 Å². The van der Waals surface area contributed by atoms with Gasteiger partial charge in [0, 0.05) is 11.9 Å². The second kappa shape index (κ2) is 10.4. The molecule has 0 bridgehead atoms. The Morgan fingerprint density at radius 2 is 1.97 bits per heavy atom. The molecule has 4 rings (SSSR count). The van der Waals surface area contributed by atoms with Crippen LogP contribution in [0.5, 0.6) is 5.75 Å². The van der Waals surface area contributed by atoms with Crippen LogP contribution in [-0.2, 0) is 6.54 Å². The van der Waals surface area contributed by atoms with Crippen molar-refractivity contribution in [3.8, 4) is 5.75 Å². The highest BCUT2D eigenvalue weighted by molar-refractivity contribution is 5.96. The molecule has 178 valence electrons. The molecule has 2 aromatic carbocycles. The standard InChI is InChI=1S/C25H31N7O2/c1-15-10-11-19-18(12-15)22(30-20-8-3-4-9-21(20)31-25(26)27)32-23(29-19)24(33)28-14-16-6-5-7-17(13-16)34-2/h5-7,10-13,20-21H,3-4,8-9,14H2,1-2H3,(H,28,33)(H4,26,27,31)(H,29,30,32). The molecule has 0 saturated heterocycles. The molecule has 1 heterocycles. The summed E-state index contributed by atoms with van der Waals surface area (Å²) in [4.78, 5) is 26.6. The number of rotatable bonds is 7. The van der Waals surface area contributed by atoms with Gasteiger partial charge in [-0.3, -0.25) is 4.79 Å². The topological polar surface area (TPSA) is 141 Å². The maximum Gasteiger partial charge on any atom is 0.289 e. The van der Waals surface area contributed by atoms with Crippen LogP contribution in [0.15, 0.2) is 47.5 Å². The number of anilines is 1. The molecule has 0 radical (unpaired) electrons. The number of aryl methyl sites for hydroxylation is 1. The SMILES string of the molecule is COc1cccc(CNC(=O)c2nc(NC3CCCCC3N=C(N)N)c3cc(C)ccc3n2)c1. The second-order valence-electron chi connectivity index (χ2n) is 8.61. The Hall–Kier alpha value is -3.88. The fourth-order valence-electron chi connectivity index (χ4n) is 4.30. The van der Waals surface area contributed by atoms with Crippen molar-refractivity contribution in [2.75, 3.05) is 12.4 Å². The zero-order chi connectivity index (χ0) is 24.1. The third-order valence-corrected chi connectivity index (χ3v) is 6.01. The molecule has 6 N–H and O–H groups in total. The van der Waals surface area contributed by atoms with Gasteiger partial charge in [-0.2, -0.15) is 0 Å². The quantitative estimate of drug-likeness (QED) is 0.313. The fourth-order valence-corrected chi connectivity index (χ4v) is 4.30. The first kappa shape index (κ1) is 23.3. The number of aromatic nitrogens is 2. The van der Waals surface area contributed by atoms with Crippen LogP contribution in [0.25, 0.3) is 10.9 Å². The van der Waals surface area contributed by atoms with Gasteiger partial charge < -0.3 is 26.8 Å². The number of hydrogen-bond donors (Lipinski definition) is 4. The summed E-state index contributed by atoms with van der Waals surface area (Å²) in [6.07, 6.45) is 3.95. The van der Waals surface area contributed by atoms with Crippen molar-refractivity contribution in [3.05, 3.63) is 59.4 Å². The van der Waals surface area contributed by atoms with Crippen LogP contribution >= 0.6 is 0 Å². The number of fused-ring (bicyclic) bond motifs is 1. The van der Waals surface area contributed by atoms with Gasteiger partial charge in [-0.1, -0.05) is 36.6 Å². The summed E-state index contributed by atoms with van der Waals surface area (Å²) < 4.78 is 5.25. The lowest BCUT2D eigenvalue weighted by molar-refractivity contribution is 0.0941. The van der Waals surface area contributed by atoms with Crippen LogP contribution < -0.4 is 26.8 Å². The Bertz CT molecular complexity index is 1210. The van der Waals surface area contributed by atoms with E-state index in [4.69, 9.17) is 16.2 Å². The molecule has 2 unspecified atom stereocenters. The van der Waals surface area contributed by atoms with Gasteiger partial charge in [-0.15, -0.1) is 0 Å². The summed E-state index contributed by atoms with van der Waals surface area (Å²) >= 11 is 0. The molecule has 1 aliphatic carbocycles. The van der Waals surface area contributed by atoms with E-state index in [1.807, 2.05) is 49.4 Å². The molecule has 1 aromatic heterocycles. The monoisotopic (exact) mass is 461 g/mol. The minimum absolute atomic E-state index is 0.0159. The van der Waals surface area contributed by atoms with E-state index in [1.165, 1.54) is 0 Å². The molecule has 1 aliphatic rings. The number of guanidine groups is 1. The highest BCUT2D eigenvalue weighted by Crippen LogP contribution is 2.28. The second-order valence-corrected chi connectivity index (χ2v) is 8.61. The molecule has 34 heavy (non-hydrogen) atoms. The largest absolute Gasteiger partial charge is 0.497 e. The minimum Gasteiger partial charge on any atom is -0.497 e. The first-order valence-corrected chi connectivity index (χ1v) is 11.5. The number of nitrogens with zero attached hydrogens (tertiary/aromatic N) is 3. The number of nitrogens with two attached hydrogens (primary N) is 2. The van der Waals surface area contributed by atoms with Crippen LogP contribution in [0.1, 0.15) is 47.4 Å². The van der Waals surface area contributed by atoms with E-state index in [1.54, 1.807) is 7.11 Å². The Balaban J connectivity index is 1.61. The normalized spacial score (nSPS) is 17.7. The summed E-state index contributed by atoms with van der Waals surface area (Å²) in [5, 5.41) is 7.29. The van der Waals surface area contributed by atoms with Crippen LogP contribution in [0.2, 0.25) is 0 Å². The Labute approximate surface area is 199 Å². The van der Waals surface area contributed by atoms with Gasteiger partial charge in [0.15, 0.2) is 5.96 Å². The zero-order valence-corrected chi connectivity index (χ0v) is 19.5. The summed E-state index contributed by atoms with van der Waals surface area (Å²) in [7, 11) is 1.61. The number of carbonyl (C=O) groups is 1. The summed E-state index contributed by atoms with van der Waals surface area (Å²) in [6, 6.07) is 13.4. The van der Waals surface area contributed by atoms with Crippen molar-refractivity contribution in [2.45, 2.75) is 51.2 Å². The maximum atomic E-state index is 13.0. The average molecular weight is 462 g/mol. The first-order valence-electron chi connectivity index (χ1n) is 11.5.